The Kier molecular flexibility index (Phi) is 4.07. The predicted molar refractivity (Wildman–Crippen MR) is 65.6 cm³/mol. The number of likely N-dealkylation sites (N-methyl/N-ethyl adjacent to an activating group) is 1. The van der Waals surface area contributed by atoms with Crippen LogP contribution in [-0.2, 0) is 4.79 Å². The Hall–Kier alpha value is -1.35. The number of amides is 1. The molecule has 0 aromatic heterocycles. The van der Waals surface area contributed by atoms with Gasteiger partial charge in [0, 0.05) is 5.56 Å². The first-order valence-electron chi connectivity index (χ1n) is 5.66. The van der Waals surface area contributed by atoms with Crippen molar-refractivity contribution in [3.8, 4) is 0 Å². The van der Waals surface area contributed by atoms with E-state index in [2.05, 4.69) is 6.92 Å². The van der Waals surface area contributed by atoms with Gasteiger partial charge in [-0.05, 0) is 6.42 Å². The molecule has 0 aliphatic heterocycles. The van der Waals surface area contributed by atoms with Gasteiger partial charge in [0.2, 0.25) is 0 Å². The fraction of sp³-hybridized carbons (Fsp3) is 0.462. The van der Waals surface area contributed by atoms with E-state index in [0.29, 0.717) is 4.48 Å². The van der Waals surface area contributed by atoms with Crippen molar-refractivity contribution in [1.29, 1.82) is 0 Å². The van der Waals surface area contributed by atoms with Crippen molar-refractivity contribution in [3.05, 3.63) is 35.9 Å². The highest BCUT2D eigenvalue weighted by Gasteiger charge is 2.33. The van der Waals surface area contributed by atoms with Crippen molar-refractivity contribution in [2.45, 2.75) is 19.4 Å². The third-order valence-electron chi connectivity index (χ3n) is 2.88. The summed E-state index contributed by atoms with van der Waals surface area (Å²) >= 11 is 0. The van der Waals surface area contributed by atoms with Gasteiger partial charge in [0.05, 0.1) is 20.6 Å². The highest BCUT2D eigenvalue weighted by atomic mass is 16.1. The summed E-state index contributed by atoms with van der Waals surface area (Å²) in [5.74, 6) is -0.260. The van der Waals surface area contributed by atoms with E-state index in [1.165, 1.54) is 0 Å². The van der Waals surface area contributed by atoms with Gasteiger partial charge in [0.1, 0.15) is 0 Å². The Labute approximate surface area is 97.5 Å². The fourth-order valence-electron chi connectivity index (χ4n) is 2.25. The van der Waals surface area contributed by atoms with Crippen LogP contribution in [0.1, 0.15) is 24.9 Å². The largest absolute Gasteiger partial charge is 0.364 e. The van der Waals surface area contributed by atoms with Crippen molar-refractivity contribution in [2.75, 3.05) is 20.6 Å². The van der Waals surface area contributed by atoms with Gasteiger partial charge < -0.3 is 10.2 Å². The summed E-state index contributed by atoms with van der Waals surface area (Å²) in [4.78, 5) is 11.6. The predicted octanol–water partition coefficient (Wildman–Crippen LogP) is 1.70. The number of nitrogens with two attached hydrogens (primary N) is 1. The summed E-state index contributed by atoms with van der Waals surface area (Å²) in [5.41, 5.74) is 6.52. The molecule has 3 nitrogen and oxygen atoms in total. The van der Waals surface area contributed by atoms with E-state index in [-0.39, 0.29) is 11.9 Å². The van der Waals surface area contributed by atoms with Crippen LogP contribution in [0, 0.1) is 0 Å². The molecule has 0 saturated heterocycles. The van der Waals surface area contributed by atoms with Gasteiger partial charge in [0.15, 0.2) is 6.04 Å². The van der Waals surface area contributed by atoms with Crippen LogP contribution >= 0.6 is 0 Å². The number of quaternary nitrogens is 1. The van der Waals surface area contributed by atoms with E-state index in [1.54, 1.807) is 0 Å². The second-order valence-electron chi connectivity index (χ2n) is 4.72. The summed E-state index contributed by atoms with van der Waals surface area (Å²) in [5, 5.41) is 0. The van der Waals surface area contributed by atoms with Crippen molar-refractivity contribution in [1.82, 2.24) is 0 Å². The summed E-state index contributed by atoms with van der Waals surface area (Å²) in [7, 11) is 4.10. The smallest absolute Gasteiger partial charge is 0.280 e. The van der Waals surface area contributed by atoms with Crippen molar-refractivity contribution in [2.24, 2.45) is 5.73 Å². The molecule has 1 rings (SSSR count). The fourth-order valence-corrected chi connectivity index (χ4v) is 2.25. The lowest BCUT2D eigenvalue weighted by Crippen LogP contribution is -2.49. The van der Waals surface area contributed by atoms with E-state index in [9.17, 15) is 4.79 Å². The zero-order valence-electron chi connectivity index (χ0n) is 10.3. The zero-order chi connectivity index (χ0) is 12.2. The Balaban J connectivity index is 3.05. The van der Waals surface area contributed by atoms with Crippen LogP contribution in [0.4, 0.5) is 0 Å². The summed E-state index contributed by atoms with van der Waals surface area (Å²) in [6.07, 6.45) is 1.03. The molecule has 0 bridgehead atoms. The van der Waals surface area contributed by atoms with Gasteiger partial charge in [-0.15, -0.1) is 0 Å². The molecule has 1 atom stereocenters. The number of rotatable bonds is 5. The number of benzene rings is 1. The SMILES string of the molecule is CCC[N+](C)(C)C(C(N)=O)c1ccccc1. The number of hydrogen-bond acceptors (Lipinski definition) is 1. The molecule has 88 valence electrons. The van der Waals surface area contributed by atoms with E-state index < -0.39 is 0 Å². The molecule has 0 fully saturated rings. The van der Waals surface area contributed by atoms with Crippen LogP contribution in [0.15, 0.2) is 30.3 Å². The number of primary amides is 1. The Bertz CT molecular complexity index is 346. The van der Waals surface area contributed by atoms with Gasteiger partial charge in [-0.2, -0.15) is 0 Å². The van der Waals surface area contributed by atoms with Gasteiger partial charge in [-0.3, -0.25) is 4.79 Å². The molecule has 16 heavy (non-hydrogen) atoms. The molecule has 3 heteroatoms. The highest BCUT2D eigenvalue weighted by molar-refractivity contribution is 5.80. The Morgan fingerprint density at radius 3 is 2.31 bits per heavy atom. The number of carbonyl (C=O) groups is 1. The molecule has 1 amide bonds. The normalized spacial score (nSPS) is 13.4. The lowest BCUT2D eigenvalue weighted by Gasteiger charge is -2.36. The monoisotopic (exact) mass is 221 g/mol. The second kappa shape index (κ2) is 5.12. The van der Waals surface area contributed by atoms with Crippen LogP contribution in [0.2, 0.25) is 0 Å². The molecule has 0 spiro atoms. The summed E-state index contributed by atoms with van der Waals surface area (Å²) in [6.45, 7) is 3.05. The van der Waals surface area contributed by atoms with Crippen molar-refractivity contribution >= 4 is 5.91 Å². The first kappa shape index (κ1) is 12.7. The Morgan fingerprint density at radius 1 is 1.31 bits per heavy atom. The second-order valence-corrected chi connectivity index (χ2v) is 4.72. The topological polar surface area (TPSA) is 43.1 Å². The van der Waals surface area contributed by atoms with Crippen LogP contribution in [0.25, 0.3) is 0 Å². The maximum atomic E-state index is 11.6. The lowest BCUT2D eigenvalue weighted by molar-refractivity contribution is -0.911. The van der Waals surface area contributed by atoms with E-state index in [0.717, 1.165) is 18.5 Å². The average Bonchev–Trinajstić information content (AvgIpc) is 2.17. The van der Waals surface area contributed by atoms with Crippen LogP contribution in [0.5, 0.6) is 0 Å². The number of carbonyl (C=O) groups excluding carboxylic acids is 1. The minimum absolute atomic E-state index is 0.260. The average molecular weight is 221 g/mol. The zero-order valence-corrected chi connectivity index (χ0v) is 10.3. The maximum Gasteiger partial charge on any atom is 0.280 e. The molecular formula is C13H21N2O+. The Morgan fingerprint density at radius 2 is 1.88 bits per heavy atom. The molecule has 1 aromatic carbocycles. The van der Waals surface area contributed by atoms with E-state index in [4.69, 9.17) is 5.73 Å². The quantitative estimate of drug-likeness (QED) is 0.756. The van der Waals surface area contributed by atoms with Crippen molar-refractivity contribution in [3.63, 3.8) is 0 Å². The minimum atomic E-state index is -0.263. The molecule has 0 saturated carbocycles. The molecule has 2 N–H and O–H groups in total. The molecule has 0 aliphatic carbocycles. The lowest BCUT2D eigenvalue weighted by atomic mass is 10.0. The van der Waals surface area contributed by atoms with Gasteiger partial charge in [-0.25, -0.2) is 0 Å². The number of hydrogen-bond donors (Lipinski definition) is 1. The molecule has 1 aromatic rings. The number of nitrogens with zero attached hydrogens (tertiary/aromatic N) is 1. The molecule has 0 aliphatic rings. The molecule has 0 radical (unpaired) electrons. The third-order valence-corrected chi connectivity index (χ3v) is 2.88. The first-order valence-corrected chi connectivity index (χ1v) is 5.66. The maximum absolute atomic E-state index is 11.6. The first-order chi connectivity index (χ1) is 7.49. The van der Waals surface area contributed by atoms with E-state index >= 15 is 0 Å². The van der Waals surface area contributed by atoms with E-state index in [1.807, 2.05) is 44.4 Å². The molecule has 1 unspecified atom stereocenters. The summed E-state index contributed by atoms with van der Waals surface area (Å²) < 4.78 is 0.607. The molecule has 0 heterocycles. The van der Waals surface area contributed by atoms with Gasteiger partial charge in [0.25, 0.3) is 5.91 Å². The standard InChI is InChI=1S/C13H20N2O/c1-4-10-15(2,3)12(13(14)16)11-8-6-5-7-9-11/h5-9,12H,4,10H2,1-3H3,(H-,14,16)/p+1. The minimum Gasteiger partial charge on any atom is -0.364 e. The van der Waals surface area contributed by atoms with Crippen LogP contribution in [0.3, 0.4) is 0 Å². The highest BCUT2D eigenvalue weighted by Crippen LogP contribution is 2.24. The van der Waals surface area contributed by atoms with Crippen LogP contribution < -0.4 is 5.73 Å². The molecular weight excluding hydrogens is 200 g/mol. The third kappa shape index (κ3) is 2.83. The summed E-state index contributed by atoms with van der Waals surface area (Å²) in [6, 6.07) is 9.49. The van der Waals surface area contributed by atoms with Crippen LogP contribution in [-0.4, -0.2) is 31.0 Å². The van der Waals surface area contributed by atoms with Gasteiger partial charge in [-0.1, -0.05) is 37.3 Å². The van der Waals surface area contributed by atoms with Gasteiger partial charge >= 0.3 is 0 Å². The van der Waals surface area contributed by atoms with Crippen molar-refractivity contribution < 1.29 is 9.28 Å².